The summed E-state index contributed by atoms with van der Waals surface area (Å²) in [6.07, 6.45) is 1.96. The van der Waals surface area contributed by atoms with Crippen LogP contribution in [0, 0.1) is 12.8 Å². The van der Waals surface area contributed by atoms with Gasteiger partial charge < -0.3 is 0 Å². The fourth-order valence-corrected chi connectivity index (χ4v) is 7.44. The van der Waals surface area contributed by atoms with E-state index < -0.39 is 19.9 Å². The van der Waals surface area contributed by atoms with Gasteiger partial charge in [0.05, 0.1) is 9.79 Å². The fourth-order valence-electron chi connectivity index (χ4n) is 5.35. The van der Waals surface area contributed by atoms with Gasteiger partial charge in [0.25, 0.3) is 0 Å². The van der Waals surface area contributed by atoms with E-state index in [9.17, 15) is 16.8 Å². The van der Waals surface area contributed by atoms with Crippen LogP contribution in [0.15, 0.2) is 76.5 Å². The molecule has 5 nitrogen and oxygen atoms in total. The summed E-state index contributed by atoms with van der Waals surface area (Å²) in [5.41, 5.74) is 5.76. The number of nitrogens with one attached hydrogen (secondary N) is 1. The molecule has 0 aliphatic heterocycles. The minimum atomic E-state index is -3.86. The molecule has 32 heavy (non-hydrogen) atoms. The van der Waals surface area contributed by atoms with Crippen molar-refractivity contribution in [2.75, 3.05) is 12.8 Å². The predicted molar refractivity (Wildman–Crippen MR) is 124 cm³/mol. The Bertz CT molecular complexity index is 1380. The Hall–Kier alpha value is -2.48. The molecule has 3 aliphatic rings. The van der Waals surface area contributed by atoms with E-state index in [-0.39, 0.29) is 27.5 Å². The summed E-state index contributed by atoms with van der Waals surface area (Å²) in [5, 5.41) is 0. The van der Waals surface area contributed by atoms with Crippen molar-refractivity contribution in [3.63, 3.8) is 0 Å². The molecule has 2 bridgehead atoms. The van der Waals surface area contributed by atoms with Gasteiger partial charge in [-0.1, -0.05) is 54.6 Å². The molecule has 3 aliphatic carbocycles. The van der Waals surface area contributed by atoms with Crippen molar-refractivity contribution in [2.45, 2.75) is 35.0 Å². The Kier molecular flexibility index (Phi) is 5.04. The molecule has 0 saturated heterocycles. The monoisotopic (exact) mass is 467 g/mol. The summed E-state index contributed by atoms with van der Waals surface area (Å²) in [4.78, 5) is 0.0187. The van der Waals surface area contributed by atoms with Crippen molar-refractivity contribution >= 4 is 19.9 Å². The smallest absolute Gasteiger partial charge is 0.224 e. The molecule has 0 spiro atoms. The highest BCUT2D eigenvalue weighted by molar-refractivity contribution is 7.91. The summed E-state index contributed by atoms with van der Waals surface area (Å²) in [6.45, 7) is 1.98. The lowest BCUT2D eigenvalue weighted by Gasteiger charge is -2.45. The van der Waals surface area contributed by atoms with Crippen molar-refractivity contribution in [2.24, 2.45) is 5.92 Å². The second-order valence-corrected chi connectivity index (χ2v) is 12.6. The predicted octanol–water partition coefficient (Wildman–Crippen LogP) is 3.97. The van der Waals surface area contributed by atoms with E-state index in [1.54, 1.807) is 13.0 Å². The topological polar surface area (TPSA) is 80.3 Å². The first-order valence-corrected chi connectivity index (χ1v) is 14.0. The number of fused-ring (bicyclic) bond motifs is 1. The van der Waals surface area contributed by atoms with Crippen molar-refractivity contribution in [3.8, 4) is 0 Å². The summed E-state index contributed by atoms with van der Waals surface area (Å²) in [5.74, 6) is 0.522. The number of sulfonamides is 1. The van der Waals surface area contributed by atoms with E-state index in [2.05, 4.69) is 41.1 Å². The van der Waals surface area contributed by atoms with Gasteiger partial charge in [-0.3, -0.25) is 0 Å². The van der Waals surface area contributed by atoms with Gasteiger partial charge in [0, 0.05) is 24.6 Å². The van der Waals surface area contributed by atoms with Crippen LogP contribution in [0.3, 0.4) is 0 Å². The average molecular weight is 468 g/mol. The highest BCUT2D eigenvalue weighted by atomic mass is 32.2. The molecule has 1 unspecified atom stereocenters. The normalized spacial score (nSPS) is 21.8. The molecule has 0 heterocycles. The zero-order valence-corrected chi connectivity index (χ0v) is 19.6. The molecule has 0 aromatic heterocycles. The van der Waals surface area contributed by atoms with Gasteiger partial charge in [-0.15, -0.1) is 0 Å². The maximum Gasteiger partial charge on any atom is 0.240 e. The molecule has 0 fully saturated rings. The lowest BCUT2D eigenvalue weighted by molar-refractivity contribution is 0.355. The van der Waals surface area contributed by atoms with Crippen LogP contribution in [0.1, 0.15) is 46.1 Å². The Labute approximate surface area is 189 Å². The Morgan fingerprint density at radius 2 is 1.41 bits per heavy atom. The average Bonchev–Trinajstić information content (AvgIpc) is 2.77. The number of benzene rings is 3. The van der Waals surface area contributed by atoms with Gasteiger partial charge in [-0.2, -0.15) is 0 Å². The number of rotatable bonds is 5. The first kappa shape index (κ1) is 21.4. The van der Waals surface area contributed by atoms with E-state index in [1.807, 2.05) is 12.1 Å². The van der Waals surface area contributed by atoms with E-state index in [0.29, 0.717) is 12.1 Å². The van der Waals surface area contributed by atoms with E-state index >= 15 is 0 Å². The molecule has 1 atom stereocenters. The molecule has 3 aromatic carbocycles. The maximum atomic E-state index is 13.2. The second-order valence-electron chi connectivity index (χ2n) is 8.84. The van der Waals surface area contributed by atoms with Crippen LogP contribution >= 0.6 is 0 Å². The first-order valence-electron chi connectivity index (χ1n) is 10.6. The Morgan fingerprint density at radius 3 is 1.97 bits per heavy atom. The molecule has 7 heteroatoms. The molecular formula is C25H25NO4S2. The van der Waals surface area contributed by atoms with Crippen LogP contribution in [0.25, 0.3) is 0 Å². The minimum Gasteiger partial charge on any atom is -0.224 e. The minimum absolute atomic E-state index is 0.00283. The highest BCUT2D eigenvalue weighted by Crippen LogP contribution is 2.55. The summed E-state index contributed by atoms with van der Waals surface area (Å²) >= 11 is 0. The first-order chi connectivity index (χ1) is 15.2. The molecular weight excluding hydrogens is 442 g/mol. The number of sulfone groups is 1. The van der Waals surface area contributed by atoms with Gasteiger partial charge in [-0.05, 0) is 59.2 Å². The van der Waals surface area contributed by atoms with Crippen LogP contribution < -0.4 is 4.72 Å². The summed E-state index contributed by atoms with van der Waals surface area (Å²) < 4.78 is 53.0. The molecule has 1 N–H and O–H groups in total. The molecule has 3 aromatic rings. The SMILES string of the molecule is Cc1ccc(S(C)(=O)=O)cc1S(=O)(=O)NCC1CC2c3ccccc3C1c1ccccc12. The second kappa shape index (κ2) is 7.54. The number of aryl methyl sites for hydroxylation is 1. The van der Waals surface area contributed by atoms with Crippen LogP contribution in [-0.4, -0.2) is 29.6 Å². The molecule has 0 radical (unpaired) electrons. The third-order valence-electron chi connectivity index (χ3n) is 6.84. The van der Waals surface area contributed by atoms with Crippen LogP contribution in [-0.2, 0) is 19.9 Å². The lowest BCUT2D eigenvalue weighted by atomic mass is 9.59. The fraction of sp³-hybridized carbons (Fsp3) is 0.280. The lowest BCUT2D eigenvalue weighted by Crippen LogP contribution is -2.39. The standard InChI is InChI=1S/C25H25NO4S2/c1-16-11-12-18(31(2,27)28)14-24(16)32(29,30)26-15-17-13-23-19-7-3-5-9-21(19)25(17)22-10-6-4-8-20(22)23/h3-12,14,17,23,25-26H,13,15H2,1-2H3. The highest BCUT2D eigenvalue weighted by Gasteiger charge is 2.43. The molecule has 166 valence electrons. The van der Waals surface area contributed by atoms with Crippen LogP contribution in [0.4, 0.5) is 0 Å². The quantitative estimate of drug-likeness (QED) is 0.616. The van der Waals surface area contributed by atoms with Gasteiger partial charge in [0.2, 0.25) is 10.0 Å². The Balaban J connectivity index is 1.47. The van der Waals surface area contributed by atoms with Crippen LogP contribution in [0.5, 0.6) is 0 Å². The third-order valence-corrected chi connectivity index (χ3v) is 9.51. The molecule has 0 saturated carbocycles. The van der Waals surface area contributed by atoms with Gasteiger partial charge in [-0.25, -0.2) is 21.6 Å². The van der Waals surface area contributed by atoms with Gasteiger partial charge in [0.1, 0.15) is 0 Å². The molecule has 6 rings (SSSR count). The van der Waals surface area contributed by atoms with Crippen LogP contribution in [0.2, 0.25) is 0 Å². The van der Waals surface area contributed by atoms with Crippen molar-refractivity contribution < 1.29 is 16.8 Å². The van der Waals surface area contributed by atoms with E-state index in [1.165, 1.54) is 34.4 Å². The van der Waals surface area contributed by atoms with Crippen molar-refractivity contribution in [1.82, 2.24) is 4.72 Å². The number of hydrogen-bond acceptors (Lipinski definition) is 4. The Morgan fingerprint density at radius 1 is 0.844 bits per heavy atom. The summed E-state index contributed by atoms with van der Waals surface area (Å²) in [7, 11) is -7.36. The molecule has 0 amide bonds. The zero-order chi connectivity index (χ0) is 22.7. The number of hydrogen-bond donors (Lipinski definition) is 1. The summed E-state index contributed by atoms with van der Waals surface area (Å²) in [6, 6.07) is 21.1. The maximum absolute atomic E-state index is 13.2. The van der Waals surface area contributed by atoms with Gasteiger partial charge >= 0.3 is 0 Å². The third kappa shape index (κ3) is 3.49. The van der Waals surface area contributed by atoms with Gasteiger partial charge in [0.15, 0.2) is 9.84 Å². The van der Waals surface area contributed by atoms with Crippen molar-refractivity contribution in [3.05, 3.63) is 94.5 Å². The van der Waals surface area contributed by atoms with Crippen molar-refractivity contribution in [1.29, 1.82) is 0 Å². The van der Waals surface area contributed by atoms with E-state index in [0.717, 1.165) is 12.7 Å². The zero-order valence-electron chi connectivity index (χ0n) is 17.9. The largest absolute Gasteiger partial charge is 0.240 e. The van der Waals surface area contributed by atoms with E-state index in [4.69, 9.17) is 0 Å².